The zero-order valence-corrected chi connectivity index (χ0v) is 16.2. The van der Waals surface area contributed by atoms with Crippen LogP contribution < -0.4 is 9.03 Å². The highest BCUT2D eigenvalue weighted by Crippen LogP contribution is 2.25. The van der Waals surface area contributed by atoms with Crippen LogP contribution in [0.3, 0.4) is 0 Å². The van der Waals surface area contributed by atoms with Gasteiger partial charge in [0, 0.05) is 12.2 Å². The van der Waals surface area contributed by atoms with E-state index in [9.17, 15) is 16.8 Å². The van der Waals surface area contributed by atoms with Gasteiger partial charge in [-0.3, -0.25) is 9.03 Å². The first-order valence-electron chi connectivity index (χ1n) is 8.42. The Labute approximate surface area is 155 Å². The fourth-order valence-corrected chi connectivity index (χ4v) is 5.91. The molecule has 0 saturated carbocycles. The zero-order chi connectivity index (χ0) is 18.8. The first-order chi connectivity index (χ1) is 12.3. The summed E-state index contributed by atoms with van der Waals surface area (Å²) in [6.45, 7) is 2.33. The molecule has 1 saturated heterocycles. The second-order valence-electron chi connectivity index (χ2n) is 6.43. The van der Waals surface area contributed by atoms with Crippen LogP contribution >= 0.6 is 0 Å². The highest BCUT2D eigenvalue weighted by Gasteiger charge is 2.25. The fraction of sp³-hybridized carbons (Fsp3) is 0.333. The van der Waals surface area contributed by atoms with Gasteiger partial charge in [0.15, 0.2) is 0 Å². The number of hydrogen-bond acceptors (Lipinski definition) is 4. The summed E-state index contributed by atoms with van der Waals surface area (Å²) in [5.41, 5.74) is 2.64. The summed E-state index contributed by atoms with van der Waals surface area (Å²) in [5, 5.41) is 0. The molecular formula is C18H22N2O4S2. The van der Waals surface area contributed by atoms with E-state index in [0.717, 1.165) is 17.5 Å². The molecule has 0 spiro atoms. The number of nitrogens with zero attached hydrogens (tertiary/aromatic N) is 1. The molecule has 2 aromatic carbocycles. The molecule has 1 aliphatic rings. The minimum Gasteiger partial charge on any atom is -0.283 e. The van der Waals surface area contributed by atoms with Crippen molar-refractivity contribution in [3.05, 3.63) is 59.7 Å². The van der Waals surface area contributed by atoms with Crippen LogP contribution in [0.5, 0.6) is 0 Å². The summed E-state index contributed by atoms with van der Waals surface area (Å²) in [6.07, 6.45) is 1.50. The molecule has 140 valence electrons. The van der Waals surface area contributed by atoms with E-state index in [0.29, 0.717) is 24.3 Å². The molecule has 1 N–H and O–H groups in total. The zero-order valence-electron chi connectivity index (χ0n) is 14.6. The van der Waals surface area contributed by atoms with Gasteiger partial charge in [0.1, 0.15) is 0 Å². The average molecular weight is 395 g/mol. The lowest BCUT2D eigenvalue weighted by atomic mass is 10.1. The van der Waals surface area contributed by atoms with Gasteiger partial charge in [-0.1, -0.05) is 24.3 Å². The summed E-state index contributed by atoms with van der Waals surface area (Å²) in [4.78, 5) is 0. The highest BCUT2D eigenvalue weighted by atomic mass is 32.2. The average Bonchev–Trinajstić information content (AvgIpc) is 2.57. The maximum atomic E-state index is 12.4. The number of sulfonamides is 2. The van der Waals surface area contributed by atoms with Gasteiger partial charge in [-0.15, -0.1) is 0 Å². The molecule has 1 fully saturated rings. The Morgan fingerprint density at radius 3 is 2.38 bits per heavy atom. The van der Waals surface area contributed by atoms with Crippen molar-refractivity contribution < 1.29 is 16.8 Å². The molecule has 0 aliphatic carbocycles. The lowest BCUT2D eigenvalue weighted by molar-refractivity contribution is 0.574. The molecule has 0 aromatic heterocycles. The Morgan fingerprint density at radius 1 is 1.04 bits per heavy atom. The number of nitrogens with one attached hydrogen (secondary N) is 1. The molecule has 3 rings (SSSR count). The lowest BCUT2D eigenvalue weighted by Crippen LogP contribution is -2.37. The number of rotatable bonds is 5. The topological polar surface area (TPSA) is 83.6 Å². The second-order valence-corrected chi connectivity index (χ2v) is 10.2. The monoisotopic (exact) mass is 394 g/mol. The molecule has 0 amide bonds. The van der Waals surface area contributed by atoms with E-state index in [2.05, 4.69) is 4.72 Å². The van der Waals surface area contributed by atoms with Crippen LogP contribution in [0.25, 0.3) is 0 Å². The van der Waals surface area contributed by atoms with Gasteiger partial charge < -0.3 is 0 Å². The summed E-state index contributed by atoms with van der Waals surface area (Å²) in [6, 6.07) is 13.8. The molecule has 6 nitrogen and oxygen atoms in total. The number of aryl methyl sites for hydroxylation is 1. The molecule has 1 heterocycles. The highest BCUT2D eigenvalue weighted by molar-refractivity contribution is 7.92. The maximum Gasteiger partial charge on any atom is 0.236 e. The molecule has 0 atom stereocenters. The second kappa shape index (κ2) is 7.28. The van der Waals surface area contributed by atoms with E-state index in [1.165, 1.54) is 4.31 Å². The van der Waals surface area contributed by atoms with Crippen molar-refractivity contribution in [3.63, 3.8) is 0 Å². The molecule has 2 aromatic rings. The molecule has 0 unspecified atom stereocenters. The van der Waals surface area contributed by atoms with E-state index >= 15 is 0 Å². The van der Waals surface area contributed by atoms with Crippen molar-refractivity contribution in [2.75, 3.05) is 21.3 Å². The summed E-state index contributed by atoms with van der Waals surface area (Å²) < 4.78 is 53.0. The molecule has 26 heavy (non-hydrogen) atoms. The van der Waals surface area contributed by atoms with Crippen molar-refractivity contribution in [1.82, 2.24) is 0 Å². The van der Waals surface area contributed by atoms with Crippen LogP contribution in [0.1, 0.15) is 24.0 Å². The molecule has 0 radical (unpaired) electrons. The minimum atomic E-state index is -3.55. The number of anilines is 2. The Hall–Kier alpha value is -2.06. The summed E-state index contributed by atoms with van der Waals surface area (Å²) in [7, 11) is -6.83. The third-order valence-electron chi connectivity index (χ3n) is 4.38. The van der Waals surface area contributed by atoms with Crippen molar-refractivity contribution in [2.45, 2.75) is 25.5 Å². The Morgan fingerprint density at radius 2 is 1.73 bits per heavy atom. The predicted octanol–water partition coefficient (Wildman–Crippen LogP) is 2.87. The van der Waals surface area contributed by atoms with Gasteiger partial charge in [0.05, 0.1) is 17.2 Å². The smallest absolute Gasteiger partial charge is 0.236 e. The van der Waals surface area contributed by atoms with Crippen LogP contribution in [-0.2, 0) is 25.8 Å². The van der Waals surface area contributed by atoms with Crippen LogP contribution in [0.2, 0.25) is 0 Å². The Bertz CT molecular complexity index is 984. The molecule has 0 bridgehead atoms. The Balaban J connectivity index is 1.74. The van der Waals surface area contributed by atoms with Crippen LogP contribution in [0.15, 0.2) is 48.5 Å². The third-order valence-corrected chi connectivity index (χ3v) is 7.49. The number of benzene rings is 2. The van der Waals surface area contributed by atoms with E-state index in [-0.39, 0.29) is 11.5 Å². The number of hydrogen-bond donors (Lipinski definition) is 1. The van der Waals surface area contributed by atoms with Crippen LogP contribution in [0, 0.1) is 6.92 Å². The third kappa shape index (κ3) is 4.37. The van der Waals surface area contributed by atoms with Crippen molar-refractivity contribution >= 4 is 31.4 Å². The first kappa shape index (κ1) is 18.7. The SMILES string of the molecule is Cc1ccccc1CS(=O)(=O)Nc1ccc(N2CCCCS2(=O)=O)cc1. The van der Waals surface area contributed by atoms with E-state index in [4.69, 9.17) is 0 Å². The van der Waals surface area contributed by atoms with Gasteiger partial charge in [-0.05, 0) is 55.2 Å². The van der Waals surface area contributed by atoms with E-state index < -0.39 is 20.0 Å². The van der Waals surface area contributed by atoms with Crippen LogP contribution in [0.4, 0.5) is 11.4 Å². The van der Waals surface area contributed by atoms with Gasteiger partial charge in [0.2, 0.25) is 20.0 Å². The predicted molar refractivity (Wildman–Crippen MR) is 104 cm³/mol. The van der Waals surface area contributed by atoms with Crippen molar-refractivity contribution in [3.8, 4) is 0 Å². The van der Waals surface area contributed by atoms with Crippen molar-refractivity contribution in [1.29, 1.82) is 0 Å². The first-order valence-corrected chi connectivity index (χ1v) is 11.7. The van der Waals surface area contributed by atoms with Gasteiger partial charge >= 0.3 is 0 Å². The fourth-order valence-electron chi connectivity index (χ4n) is 2.97. The quantitative estimate of drug-likeness (QED) is 0.845. The standard InChI is InChI=1S/C18H22N2O4S2/c1-15-6-2-3-7-16(15)14-25(21,22)19-17-8-10-18(11-9-17)20-12-4-5-13-26(20,23)24/h2-3,6-11,19H,4-5,12-14H2,1H3. The molecule has 1 aliphatic heterocycles. The maximum absolute atomic E-state index is 12.4. The van der Waals surface area contributed by atoms with E-state index in [1.54, 1.807) is 30.3 Å². The van der Waals surface area contributed by atoms with Gasteiger partial charge in [-0.2, -0.15) is 0 Å². The largest absolute Gasteiger partial charge is 0.283 e. The minimum absolute atomic E-state index is 0.109. The molecule has 8 heteroatoms. The lowest BCUT2D eigenvalue weighted by Gasteiger charge is -2.28. The Kier molecular flexibility index (Phi) is 5.24. The summed E-state index contributed by atoms with van der Waals surface area (Å²) >= 11 is 0. The van der Waals surface area contributed by atoms with E-state index in [1.807, 2.05) is 25.1 Å². The summed E-state index contributed by atoms with van der Waals surface area (Å²) in [5.74, 6) is 0.0414. The van der Waals surface area contributed by atoms with Crippen LogP contribution in [-0.4, -0.2) is 29.1 Å². The van der Waals surface area contributed by atoms with Crippen molar-refractivity contribution in [2.24, 2.45) is 0 Å². The van der Waals surface area contributed by atoms with Gasteiger partial charge in [0.25, 0.3) is 0 Å². The molecular weight excluding hydrogens is 372 g/mol. The van der Waals surface area contributed by atoms with Gasteiger partial charge in [-0.25, -0.2) is 16.8 Å². The normalized spacial score (nSPS) is 17.0.